The molecule has 0 fully saturated rings. The van der Waals surface area contributed by atoms with Gasteiger partial charge in [-0.3, -0.25) is 4.79 Å². The zero-order valence-corrected chi connectivity index (χ0v) is 11.5. The fourth-order valence-corrected chi connectivity index (χ4v) is 2.57. The lowest BCUT2D eigenvalue weighted by Gasteiger charge is -2.30. The van der Waals surface area contributed by atoms with E-state index < -0.39 is 5.41 Å². The summed E-state index contributed by atoms with van der Waals surface area (Å²) in [5.74, 6) is 0.571. The first-order valence-electron chi connectivity index (χ1n) is 6.55. The number of methoxy groups -OCH3 is 1. The number of rotatable bonds is 7. The minimum atomic E-state index is -0.532. The van der Waals surface area contributed by atoms with Crippen molar-refractivity contribution in [1.29, 1.82) is 0 Å². The zero-order valence-electron chi connectivity index (χ0n) is 11.5. The molecule has 0 atom stereocenters. The maximum Gasteiger partial charge on any atom is 0.228 e. The number of carbonyl (C=O) groups is 1. The van der Waals surface area contributed by atoms with E-state index in [-0.39, 0.29) is 5.91 Å². The SMILES string of the molecule is CCCC(CCC)(C(N)=O)c1ccc(OC)cc1. The fraction of sp³-hybridized carbons (Fsp3) is 0.533. The lowest BCUT2D eigenvalue weighted by molar-refractivity contribution is -0.124. The Labute approximate surface area is 109 Å². The highest BCUT2D eigenvalue weighted by molar-refractivity contribution is 5.86. The Balaban J connectivity index is 3.17. The molecular weight excluding hydrogens is 226 g/mol. The van der Waals surface area contributed by atoms with Crippen molar-refractivity contribution < 1.29 is 9.53 Å². The number of primary amides is 1. The Kier molecular flexibility index (Phi) is 5.20. The third-order valence-electron chi connectivity index (χ3n) is 3.47. The molecular formula is C15H23NO2. The number of hydrogen-bond donors (Lipinski definition) is 1. The second kappa shape index (κ2) is 6.43. The van der Waals surface area contributed by atoms with E-state index in [1.807, 2.05) is 24.3 Å². The predicted octanol–water partition coefficient (Wildman–Crippen LogP) is 3.02. The first-order chi connectivity index (χ1) is 8.60. The molecule has 0 aliphatic carbocycles. The van der Waals surface area contributed by atoms with Crippen molar-refractivity contribution in [3.63, 3.8) is 0 Å². The van der Waals surface area contributed by atoms with Gasteiger partial charge in [-0.2, -0.15) is 0 Å². The molecule has 0 saturated heterocycles. The second-order valence-electron chi connectivity index (χ2n) is 4.67. The summed E-state index contributed by atoms with van der Waals surface area (Å²) in [6.07, 6.45) is 3.47. The Bertz CT molecular complexity index is 378. The van der Waals surface area contributed by atoms with Gasteiger partial charge < -0.3 is 10.5 Å². The van der Waals surface area contributed by atoms with Crippen LogP contribution in [0.1, 0.15) is 45.1 Å². The van der Waals surface area contributed by atoms with E-state index in [1.54, 1.807) is 7.11 Å². The lowest BCUT2D eigenvalue weighted by Crippen LogP contribution is -2.41. The molecule has 0 heterocycles. The molecule has 0 aromatic heterocycles. The quantitative estimate of drug-likeness (QED) is 0.807. The van der Waals surface area contributed by atoms with Crippen molar-refractivity contribution >= 4 is 5.91 Å². The first kappa shape index (κ1) is 14.6. The van der Waals surface area contributed by atoms with Crippen molar-refractivity contribution in [2.24, 2.45) is 5.73 Å². The topological polar surface area (TPSA) is 52.3 Å². The number of ether oxygens (including phenoxy) is 1. The minimum absolute atomic E-state index is 0.226. The lowest BCUT2D eigenvalue weighted by atomic mass is 9.73. The van der Waals surface area contributed by atoms with Gasteiger partial charge in [0, 0.05) is 0 Å². The summed E-state index contributed by atoms with van der Waals surface area (Å²) in [7, 11) is 1.63. The van der Waals surface area contributed by atoms with Crippen molar-refractivity contribution in [3.8, 4) is 5.75 Å². The summed E-state index contributed by atoms with van der Waals surface area (Å²) in [5.41, 5.74) is 6.14. The van der Waals surface area contributed by atoms with Crippen LogP contribution in [-0.4, -0.2) is 13.0 Å². The third kappa shape index (κ3) is 2.84. The predicted molar refractivity (Wildman–Crippen MR) is 73.7 cm³/mol. The van der Waals surface area contributed by atoms with Gasteiger partial charge in [-0.15, -0.1) is 0 Å². The van der Waals surface area contributed by atoms with Gasteiger partial charge in [-0.05, 0) is 30.5 Å². The summed E-state index contributed by atoms with van der Waals surface area (Å²) in [6.45, 7) is 4.16. The summed E-state index contributed by atoms with van der Waals surface area (Å²) < 4.78 is 5.15. The highest BCUT2D eigenvalue weighted by atomic mass is 16.5. The van der Waals surface area contributed by atoms with Gasteiger partial charge in [0.25, 0.3) is 0 Å². The average Bonchev–Trinajstić information content (AvgIpc) is 2.38. The molecule has 0 bridgehead atoms. The number of hydrogen-bond acceptors (Lipinski definition) is 2. The van der Waals surface area contributed by atoms with Crippen LogP contribution < -0.4 is 10.5 Å². The molecule has 0 unspecified atom stereocenters. The van der Waals surface area contributed by atoms with E-state index in [1.165, 1.54) is 0 Å². The van der Waals surface area contributed by atoms with Gasteiger partial charge in [0.1, 0.15) is 5.75 Å². The van der Waals surface area contributed by atoms with Gasteiger partial charge in [0.05, 0.1) is 12.5 Å². The van der Waals surface area contributed by atoms with Gasteiger partial charge in [0.15, 0.2) is 0 Å². The Hall–Kier alpha value is -1.51. The van der Waals surface area contributed by atoms with Gasteiger partial charge in [0.2, 0.25) is 5.91 Å². The molecule has 1 aromatic carbocycles. The summed E-state index contributed by atoms with van der Waals surface area (Å²) >= 11 is 0. The van der Waals surface area contributed by atoms with Crippen LogP contribution in [-0.2, 0) is 10.2 Å². The largest absolute Gasteiger partial charge is 0.497 e. The smallest absolute Gasteiger partial charge is 0.228 e. The molecule has 100 valence electrons. The highest BCUT2D eigenvalue weighted by Gasteiger charge is 2.36. The first-order valence-corrected chi connectivity index (χ1v) is 6.55. The zero-order chi connectivity index (χ0) is 13.6. The molecule has 18 heavy (non-hydrogen) atoms. The maximum absolute atomic E-state index is 11.9. The van der Waals surface area contributed by atoms with Crippen molar-refractivity contribution in [2.75, 3.05) is 7.11 Å². The van der Waals surface area contributed by atoms with E-state index in [0.717, 1.165) is 37.0 Å². The van der Waals surface area contributed by atoms with E-state index in [4.69, 9.17) is 10.5 Å². The van der Waals surface area contributed by atoms with Gasteiger partial charge >= 0.3 is 0 Å². The van der Waals surface area contributed by atoms with Crippen molar-refractivity contribution in [3.05, 3.63) is 29.8 Å². The number of carbonyl (C=O) groups excluding carboxylic acids is 1. The second-order valence-corrected chi connectivity index (χ2v) is 4.67. The molecule has 0 radical (unpaired) electrons. The van der Waals surface area contributed by atoms with E-state index in [9.17, 15) is 4.79 Å². The molecule has 0 aliphatic heterocycles. The summed E-state index contributed by atoms with van der Waals surface area (Å²) in [4.78, 5) is 11.9. The van der Waals surface area contributed by atoms with Gasteiger partial charge in [-0.25, -0.2) is 0 Å². The van der Waals surface area contributed by atoms with E-state index in [0.29, 0.717) is 0 Å². The highest BCUT2D eigenvalue weighted by Crippen LogP contribution is 2.35. The third-order valence-corrected chi connectivity index (χ3v) is 3.47. The fourth-order valence-electron chi connectivity index (χ4n) is 2.57. The molecule has 1 amide bonds. The van der Waals surface area contributed by atoms with Crippen molar-refractivity contribution in [1.82, 2.24) is 0 Å². The molecule has 1 aromatic rings. The molecule has 0 spiro atoms. The van der Waals surface area contributed by atoms with Crippen LogP contribution in [0.2, 0.25) is 0 Å². The van der Waals surface area contributed by atoms with Crippen LogP contribution in [0.3, 0.4) is 0 Å². The van der Waals surface area contributed by atoms with Gasteiger partial charge in [-0.1, -0.05) is 38.8 Å². The van der Waals surface area contributed by atoms with Crippen molar-refractivity contribution in [2.45, 2.75) is 44.9 Å². The normalized spacial score (nSPS) is 11.3. The number of benzene rings is 1. The Morgan fingerprint density at radius 2 is 1.67 bits per heavy atom. The molecule has 0 saturated carbocycles. The minimum Gasteiger partial charge on any atom is -0.497 e. The molecule has 3 nitrogen and oxygen atoms in total. The van der Waals surface area contributed by atoms with Crippen LogP contribution in [0.15, 0.2) is 24.3 Å². The molecule has 2 N–H and O–H groups in total. The van der Waals surface area contributed by atoms with Crippen LogP contribution >= 0.6 is 0 Å². The summed E-state index contributed by atoms with van der Waals surface area (Å²) in [6, 6.07) is 7.68. The maximum atomic E-state index is 11.9. The Morgan fingerprint density at radius 3 is 2.00 bits per heavy atom. The number of amides is 1. The standard InChI is InChI=1S/C15H23NO2/c1-4-10-15(11-5-2,14(16)17)12-6-8-13(18-3)9-7-12/h6-9H,4-5,10-11H2,1-3H3,(H2,16,17). The average molecular weight is 249 g/mol. The van der Waals surface area contributed by atoms with E-state index in [2.05, 4.69) is 13.8 Å². The summed E-state index contributed by atoms with van der Waals surface area (Å²) in [5, 5.41) is 0. The molecule has 1 rings (SSSR count). The van der Waals surface area contributed by atoms with E-state index >= 15 is 0 Å². The monoisotopic (exact) mass is 249 g/mol. The molecule has 0 aliphatic rings. The van der Waals surface area contributed by atoms with Crippen LogP contribution in [0.5, 0.6) is 5.75 Å². The Morgan fingerprint density at radius 1 is 1.17 bits per heavy atom. The van der Waals surface area contributed by atoms with Crippen LogP contribution in [0.4, 0.5) is 0 Å². The molecule has 3 heteroatoms. The van der Waals surface area contributed by atoms with Crippen LogP contribution in [0.25, 0.3) is 0 Å². The number of nitrogens with two attached hydrogens (primary N) is 1. The van der Waals surface area contributed by atoms with Crippen LogP contribution in [0, 0.1) is 0 Å².